The first-order chi connectivity index (χ1) is 17.2. The zero-order valence-corrected chi connectivity index (χ0v) is 24.2. The number of halogens is 3. The van der Waals surface area contributed by atoms with E-state index in [1.807, 2.05) is 18.2 Å². The smallest absolute Gasteiger partial charge is 0.338 e. The van der Waals surface area contributed by atoms with Crippen molar-refractivity contribution in [1.82, 2.24) is 4.57 Å². The van der Waals surface area contributed by atoms with Crippen LogP contribution in [0.2, 0.25) is 0 Å². The Bertz CT molecular complexity index is 1600. The Morgan fingerprint density at radius 1 is 1.31 bits per heavy atom. The lowest BCUT2D eigenvalue weighted by atomic mass is 9.96. The Kier molecular flexibility index (Phi) is 8.26. The van der Waals surface area contributed by atoms with Crippen molar-refractivity contribution in [2.75, 3.05) is 13.2 Å². The van der Waals surface area contributed by atoms with Gasteiger partial charge in [0.25, 0.3) is 5.56 Å². The second-order valence-corrected chi connectivity index (χ2v) is 11.0. The van der Waals surface area contributed by atoms with E-state index >= 15 is 0 Å². The number of rotatable bonds is 6. The van der Waals surface area contributed by atoms with Crippen LogP contribution in [0.5, 0.6) is 5.75 Å². The summed E-state index contributed by atoms with van der Waals surface area (Å²) in [5.41, 5.74) is 1.50. The molecule has 0 saturated carbocycles. The molecule has 0 amide bonds. The average Bonchev–Trinajstić information content (AvgIpc) is 3.12. The number of benzene rings is 2. The van der Waals surface area contributed by atoms with Crippen molar-refractivity contribution in [1.29, 1.82) is 5.26 Å². The average molecular weight is 729 g/mol. The summed E-state index contributed by atoms with van der Waals surface area (Å²) in [6, 6.07) is 10.6. The van der Waals surface area contributed by atoms with Gasteiger partial charge in [0.15, 0.2) is 11.4 Å². The summed E-state index contributed by atoms with van der Waals surface area (Å²) in [7, 11) is 0. The molecule has 1 atom stereocenters. The third-order valence-electron chi connectivity index (χ3n) is 5.31. The van der Waals surface area contributed by atoms with Crippen LogP contribution in [0.3, 0.4) is 0 Å². The molecule has 3 aromatic rings. The van der Waals surface area contributed by atoms with Crippen molar-refractivity contribution >= 4 is 68.6 Å². The van der Waals surface area contributed by atoms with E-state index in [2.05, 4.69) is 50.2 Å². The summed E-state index contributed by atoms with van der Waals surface area (Å²) in [4.78, 5) is 31.6. The minimum atomic E-state index is -0.826. The minimum Gasteiger partial charge on any atom is -0.477 e. The molecule has 0 unspecified atom stereocenters. The fourth-order valence-corrected chi connectivity index (χ4v) is 6.92. The molecule has 0 N–H and O–H groups in total. The van der Waals surface area contributed by atoms with Gasteiger partial charge < -0.3 is 9.47 Å². The first-order valence-corrected chi connectivity index (χ1v) is 13.7. The molecular formula is C25H18FI2N3O4S. The van der Waals surface area contributed by atoms with Gasteiger partial charge in [-0.3, -0.25) is 9.36 Å². The van der Waals surface area contributed by atoms with Crippen molar-refractivity contribution in [3.05, 3.63) is 91.4 Å². The van der Waals surface area contributed by atoms with Crippen LogP contribution in [0.1, 0.15) is 31.0 Å². The van der Waals surface area contributed by atoms with Gasteiger partial charge >= 0.3 is 5.97 Å². The standard InChI is InChI=1S/C25H18FI2N3O4S/c1-3-34-24(33)20-13(2)30-25-31(21(20)14-4-6-16(26)7-5-14)23(32)19(36-25)11-15-10-17(27)12-18(28)22(15)35-9-8-29/h4-7,10-12,21H,3,9H2,1-2H3/b19-11-/t21-/m1/s1. The van der Waals surface area contributed by atoms with Gasteiger partial charge in [0, 0.05) is 9.13 Å². The fourth-order valence-electron chi connectivity index (χ4n) is 3.84. The zero-order chi connectivity index (χ0) is 26.0. The van der Waals surface area contributed by atoms with Gasteiger partial charge in [-0.25, -0.2) is 14.2 Å². The highest BCUT2D eigenvalue weighted by atomic mass is 127. The highest BCUT2D eigenvalue weighted by molar-refractivity contribution is 14.1. The molecule has 0 radical (unpaired) electrons. The van der Waals surface area contributed by atoms with Crippen molar-refractivity contribution in [3.63, 3.8) is 0 Å². The van der Waals surface area contributed by atoms with Gasteiger partial charge in [-0.2, -0.15) is 5.26 Å². The quantitative estimate of drug-likeness (QED) is 0.282. The lowest BCUT2D eigenvalue weighted by Gasteiger charge is -2.24. The van der Waals surface area contributed by atoms with Crippen LogP contribution in [0.15, 0.2) is 57.5 Å². The van der Waals surface area contributed by atoms with Crippen LogP contribution in [-0.4, -0.2) is 23.8 Å². The third kappa shape index (κ3) is 5.25. The molecule has 36 heavy (non-hydrogen) atoms. The number of nitrogens with zero attached hydrogens (tertiary/aromatic N) is 3. The number of nitriles is 1. The molecule has 0 fully saturated rings. The van der Waals surface area contributed by atoms with Gasteiger partial charge in [-0.05, 0) is 94.9 Å². The van der Waals surface area contributed by atoms with Gasteiger partial charge in [-0.15, -0.1) is 0 Å². The van der Waals surface area contributed by atoms with Crippen molar-refractivity contribution in [2.45, 2.75) is 19.9 Å². The molecule has 0 bridgehead atoms. The molecular weight excluding hydrogens is 711 g/mol. The molecule has 4 rings (SSSR count). The maximum Gasteiger partial charge on any atom is 0.338 e. The summed E-state index contributed by atoms with van der Waals surface area (Å²) < 4.78 is 28.2. The normalized spacial score (nSPS) is 15.2. The lowest BCUT2D eigenvalue weighted by molar-refractivity contribution is -0.139. The highest BCUT2D eigenvalue weighted by Crippen LogP contribution is 2.31. The molecule has 0 aliphatic carbocycles. The molecule has 0 spiro atoms. The third-order valence-corrected chi connectivity index (χ3v) is 7.71. The molecule has 0 saturated heterocycles. The van der Waals surface area contributed by atoms with Gasteiger partial charge in [0.1, 0.15) is 17.6 Å². The van der Waals surface area contributed by atoms with Crippen LogP contribution in [0, 0.1) is 24.3 Å². The summed E-state index contributed by atoms with van der Waals surface area (Å²) in [5.74, 6) is -0.508. The second-order valence-electron chi connectivity index (χ2n) is 7.61. The SMILES string of the molecule is CCOC(=O)C1=C(C)N=c2s/c(=C\c3cc(I)cc(I)c3OCC#N)c(=O)n2[C@@H]1c1ccc(F)cc1. The molecule has 1 aromatic heterocycles. The summed E-state index contributed by atoms with van der Waals surface area (Å²) >= 11 is 5.48. The number of thiazole rings is 1. The maximum absolute atomic E-state index is 13.7. The highest BCUT2D eigenvalue weighted by Gasteiger charge is 2.33. The largest absolute Gasteiger partial charge is 0.477 e. The van der Waals surface area contributed by atoms with E-state index in [1.165, 1.54) is 28.0 Å². The Balaban J connectivity index is 1.96. The number of allylic oxidation sites excluding steroid dienone is 1. The molecule has 7 nitrogen and oxygen atoms in total. The summed E-state index contributed by atoms with van der Waals surface area (Å²) in [5, 5.41) is 8.98. The Hall–Kier alpha value is -2.57. The Morgan fingerprint density at radius 3 is 2.69 bits per heavy atom. The van der Waals surface area contributed by atoms with Crippen LogP contribution in [0.25, 0.3) is 6.08 Å². The monoisotopic (exact) mass is 729 g/mol. The van der Waals surface area contributed by atoms with Crippen molar-refractivity contribution in [2.24, 2.45) is 4.99 Å². The predicted octanol–water partition coefficient (Wildman–Crippen LogP) is 4.05. The molecule has 11 heteroatoms. The topological polar surface area (TPSA) is 93.7 Å². The first-order valence-electron chi connectivity index (χ1n) is 10.7. The zero-order valence-electron chi connectivity index (χ0n) is 19.0. The lowest BCUT2D eigenvalue weighted by Crippen LogP contribution is -2.39. The summed E-state index contributed by atoms with van der Waals surface area (Å²) in [6.07, 6.45) is 1.70. The van der Waals surface area contributed by atoms with Gasteiger partial charge in [0.05, 0.1) is 32.0 Å². The number of carbonyl (C=O) groups is 1. The van der Waals surface area contributed by atoms with E-state index in [1.54, 1.807) is 32.1 Å². The van der Waals surface area contributed by atoms with E-state index in [-0.39, 0.29) is 24.3 Å². The minimum absolute atomic E-state index is 0.134. The Labute approximate surface area is 236 Å². The number of carbonyl (C=O) groups excluding carboxylic acids is 1. The first kappa shape index (κ1) is 26.5. The fraction of sp³-hybridized carbons (Fsp3) is 0.200. The van der Waals surface area contributed by atoms with E-state index in [9.17, 15) is 14.0 Å². The molecule has 2 heterocycles. The van der Waals surface area contributed by atoms with Crippen molar-refractivity contribution < 1.29 is 18.7 Å². The van der Waals surface area contributed by atoms with E-state index < -0.39 is 17.8 Å². The van der Waals surface area contributed by atoms with Crippen LogP contribution >= 0.6 is 56.5 Å². The number of ether oxygens (including phenoxy) is 2. The number of esters is 1. The predicted molar refractivity (Wildman–Crippen MR) is 150 cm³/mol. The number of aromatic nitrogens is 1. The molecule has 1 aliphatic rings. The number of fused-ring (bicyclic) bond motifs is 1. The maximum atomic E-state index is 13.7. The van der Waals surface area contributed by atoms with E-state index in [4.69, 9.17) is 14.7 Å². The summed E-state index contributed by atoms with van der Waals surface area (Å²) in [6.45, 7) is 3.42. The number of hydrogen-bond donors (Lipinski definition) is 0. The van der Waals surface area contributed by atoms with Crippen LogP contribution in [0.4, 0.5) is 4.39 Å². The van der Waals surface area contributed by atoms with Crippen molar-refractivity contribution in [3.8, 4) is 11.8 Å². The van der Waals surface area contributed by atoms with E-state index in [0.29, 0.717) is 31.9 Å². The molecule has 2 aromatic carbocycles. The second kappa shape index (κ2) is 11.2. The van der Waals surface area contributed by atoms with Gasteiger partial charge in [-0.1, -0.05) is 23.5 Å². The van der Waals surface area contributed by atoms with Gasteiger partial charge in [0.2, 0.25) is 0 Å². The van der Waals surface area contributed by atoms with Crippen LogP contribution in [-0.2, 0) is 9.53 Å². The van der Waals surface area contributed by atoms with Crippen LogP contribution < -0.4 is 19.6 Å². The Morgan fingerprint density at radius 2 is 2.03 bits per heavy atom. The molecule has 184 valence electrons. The molecule has 1 aliphatic heterocycles. The van der Waals surface area contributed by atoms with E-state index in [0.717, 1.165) is 7.14 Å². The number of hydrogen-bond acceptors (Lipinski definition) is 7.